The van der Waals surface area contributed by atoms with Crippen LogP contribution in [0.4, 0.5) is 0 Å². The van der Waals surface area contributed by atoms with Gasteiger partial charge >= 0.3 is 0 Å². The van der Waals surface area contributed by atoms with Gasteiger partial charge in [-0.25, -0.2) is 4.98 Å². The summed E-state index contributed by atoms with van der Waals surface area (Å²) >= 11 is 0. The van der Waals surface area contributed by atoms with Gasteiger partial charge in [0.25, 0.3) is 0 Å². The Labute approximate surface area is 127 Å². The lowest BCUT2D eigenvalue weighted by Crippen LogP contribution is -2.34. The molecular formula is C18H25N3. The highest BCUT2D eigenvalue weighted by molar-refractivity contribution is 5.31. The van der Waals surface area contributed by atoms with Crippen molar-refractivity contribution in [1.82, 2.24) is 14.9 Å². The summed E-state index contributed by atoms with van der Waals surface area (Å²) in [5.41, 5.74) is 6.80. The van der Waals surface area contributed by atoms with E-state index >= 15 is 0 Å². The fourth-order valence-corrected chi connectivity index (χ4v) is 3.56. The normalized spacial score (nSPS) is 17.8. The van der Waals surface area contributed by atoms with Crippen LogP contribution in [0.5, 0.6) is 0 Å². The Balaban J connectivity index is 1.78. The summed E-state index contributed by atoms with van der Waals surface area (Å²) in [4.78, 5) is 4.65. The number of fused-ring (bicyclic) bond motifs is 1. The van der Waals surface area contributed by atoms with E-state index in [0.717, 1.165) is 31.8 Å². The van der Waals surface area contributed by atoms with Gasteiger partial charge in [-0.1, -0.05) is 23.8 Å². The molecule has 0 saturated heterocycles. The van der Waals surface area contributed by atoms with Crippen LogP contribution in [0.1, 0.15) is 46.4 Å². The Hall–Kier alpha value is -1.61. The van der Waals surface area contributed by atoms with Crippen LogP contribution in [-0.4, -0.2) is 16.1 Å². The fourth-order valence-electron chi connectivity index (χ4n) is 3.56. The van der Waals surface area contributed by atoms with E-state index in [4.69, 9.17) is 0 Å². The maximum absolute atomic E-state index is 4.65. The molecule has 0 fully saturated rings. The largest absolute Gasteiger partial charge is 0.329 e. The molecular weight excluding hydrogens is 258 g/mol. The molecule has 0 saturated carbocycles. The second-order valence-corrected chi connectivity index (χ2v) is 6.26. The Bertz CT molecular complexity index is 655. The fraction of sp³-hybridized carbons (Fsp3) is 0.500. The van der Waals surface area contributed by atoms with Gasteiger partial charge in [0, 0.05) is 19.1 Å². The first kappa shape index (κ1) is 14.3. The summed E-state index contributed by atoms with van der Waals surface area (Å²) in [5.74, 6) is 1.15. The number of hydrogen-bond acceptors (Lipinski definition) is 2. The van der Waals surface area contributed by atoms with Crippen molar-refractivity contribution < 1.29 is 0 Å². The van der Waals surface area contributed by atoms with E-state index in [2.05, 4.69) is 60.8 Å². The van der Waals surface area contributed by atoms with Gasteiger partial charge in [-0.3, -0.25) is 0 Å². The molecule has 3 rings (SSSR count). The van der Waals surface area contributed by atoms with Gasteiger partial charge in [0.2, 0.25) is 0 Å². The topological polar surface area (TPSA) is 29.9 Å². The molecule has 21 heavy (non-hydrogen) atoms. The zero-order valence-electron chi connectivity index (χ0n) is 13.5. The summed E-state index contributed by atoms with van der Waals surface area (Å²) in [5, 5.41) is 3.67. The molecule has 3 nitrogen and oxygen atoms in total. The van der Waals surface area contributed by atoms with Gasteiger partial charge in [-0.15, -0.1) is 0 Å². The Morgan fingerprint density at radius 2 is 2.05 bits per heavy atom. The second-order valence-electron chi connectivity index (χ2n) is 6.26. The van der Waals surface area contributed by atoms with Gasteiger partial charge < -0.3 is 9.88 Å². The minimum absolute atomic E-state index is 0.431. The Morgan fingerprint density at radius 3 is 2.81 bits per heavy atom. The lowest BCUT2D eigenvalue weighted by atomic mass is 9.97. The van der Waals surface area contributed by atoms with Crippen molar-refractivity contribution in [3.05, 3.63) is 52.1 Å². The zero-order chi connectivity index (χ0) is 15.0. The molecule has 1 aliphatic rings. The summed E-state index contributed by atoms with van der Waals surface area (Å²) in [6.07, 6.45) is 2.25. The maximum Gasteiger partial charge on any atom is 0.106 e. The maximum atomic E-state index is 4.65. The number of aromatic nitrogens is 2. The van der Waals surface area contributed by atoms with Crippen LogP contribution in [0.2, 0.25) is 0 Å². The highest BCUT2D eigenvalue weighted by Crippen LogP contribution is 2.27. The molecule has 2 heterocycles. The minimum atomic E-state index is 0.431. The molecule has 0 radical (unpaired) electrons. The predicted molar refractivity (Wildman–Crippen MR) is 86.7 cm³/mol. The molecule has 1 atom stereocenters. The lowest BCUT2D eigenvalue weighted by molar-refractivity contribution is 0.400. The molecule has 1 aliphatic heterocycles. The molecule has 3 heteroatoms. The van der Waals surface area contributed by atoms with Crippen molar-refractivity contribution in [3.63, 3.8) is 0 Å². The van der Waals surface area contributed by atoms with Crippen LogP contribution in [0.15, 0.2) is 18.2 Å². The van der Waals surface area contributed by atoms with E-state index in [0.29, 0.717) is 6.04 Å². The molecule has 0 spiro atoms. The molecule has 2 aromatic rings. The zero-order valence-corrected chi connectivity index (χ0v) is 13.5. The summed E-state index contributed by atoms with van der Waals surface area (Å²) in [6, 6.07) is 7.21. The van der Waals surface area contributed by atoms with Gasteiger partial charge in [-0.2, -0.15) is 0 Å². The highest BCUT2D eigenvalue weighted by Gasteiger charge is 2.24. The summed E-state index contributed by atoms with van der Waals surface area (Å²) in [7, 11) is 0. The van der Waals surface area contributed by atoms with Crippen molar-refractivity contribution in [2.24, 2.45) is 0 Å². The molecule has 112 valence electrons. The first-order valence-electron chi connectivity index (χ1n) is 7.89. The number of imidazole rings is 1. The molecule has 0 aliphatic carbocycles. The van der Waals surface area contributed by atoms with E-state index in [1.807, 2.05) is 0 Å². The molecule has 1 aromatic heterocycles. The first-order chi connectivity index (χ1) is 10.1. The van der Waals surface area contributed by atoms with Gasteiger partial charge in [-0.05, 0) is 51.7 Å². The third-order valence-electron chi connectivity index (χ3n) is 4.64. The average Bonchev–Trinajstić information content (AvgIpc) is 2.74. The quantitative estimate of drug-likeness (QED) is 0.935. The van der Waals surface area contributed by atoms with Gasteiger partial charge in [0.05, 0.1) is 11.4 Å². The molecule has 0 bridgehead atoms. The number of aryl methyl sites for hydroxylation is 5. The van der Waals surface area contributed by atoms with Crippen molar-refractivity contribution in [2.45, 2.75) is 53.1 Å². The lowest BCUT2D eigenvalue weighted by Gasteiger charge is -2.27. The van der Waals surface area contributed by atoms with Gasteiger partial charge in [0.15, 0.2) is 0 Å². The number of hydrogen-bond donors (Lipinski definition) is 1. The molecule has 1 aromatic carbocycles. The summed E-state index contributed by atoms with van der Waals surface area (Å²) < 4.78 is 2.39. The van der Waals surface area contributed by atoms with Crippen molar-refractivity contribution >= 4 is 0 Å². The van der Waals surface area contributed by atoms with Crippen LogP contribution < -0.4 is 5.32 Å². The van der Waals surface area contributed by atoms with Crippen molar-refractivity contribution in [1.29, 1.82) is 0 Å². The molecule has 0 amide bonds. The molecule has 0 unspecified atom stereocenters. The third kappa shape index (κ3) is 2.75. The monoisotopic (exact) mass is 283 g/mol. The van der Waals surface area contributed by atoms with E-state index in [9.17, 15) is 0 Å². The van der Waals surface area contributed by atoms with Crippen LogP contribution in [0, 0.1) is 27.7 Å². The van der Waals surface area contributed by atoms with Crippen LogP contribution in [0.3, 0.4) is 0 Å². The average molecular weight is 283 g/mol. The van der Waals surface area contributed by atoms with Crippen molar-refractivity contribution in [2.75, 3.05) is 6.54 Å². The Kier molecular flexibility index (Phi) is 3.85. The minimum Gasteiger partial charge on any atom is -0.329 e. The third-order valence-corrected chi connectivity index (χ3v) is 4.64. The van der Waals surface area contributed by atoms with Gasteiger partial charge in [0.1, 0.15) is 5.82 Å². The highest BCUT2D eigenvalue weighted by atomic mass is 15.2. The number of nitrogens with one attached hydrogen (secondary N) is 1. The van der Waals surface area contributed by atoms with E-state index in [-0.39, 0.29) is 0 Å². The molecule has 1 N–H and O–H groups in total. The summed E-state index contributed by atoms with van der Waals surface area (Å²) in [6.45, 7) is 10.7. The van der Waals surface area contributed by atoms with E-state index < -0.39 is 0 Å². The standard InChI is InChI=1S/C18H25N3/c1-12-5-6-16(13(2)11-12)7-8-17-18-14(3)20-15(4)21(18)10-9-19-17/h5-6,11,17,19H,7-10H2,1-4H3/t17-/m1/s1. The van der Waals surface area contributed by atoms with Crippen LogP contribution in [-0.2, 0) is 13.0 Å². The van der Waals surface area contributed by atoms with E-state index in [1.165, 1.54) is 28.1 Å². The van der Waals surface area contributed by atoms with E-state index in [1.54, 1.807) is 0 Å². The Morgan fingerprint density at radius 1 is 1.24 bits per heavy atom. The first-order valence-corrected chi connectivity index (χ1v) is 7.89. The van der Waals surface area contributed by atoms with Crippen LogP contribution >= 0.6 is 0 Å². The number of benzene rings is 1. The smallest absolute Gasteiger partial charge is 0.106 e. The number of rotatable bonds is 3. The second kappa shape index (κ2) is 5.64. The SMILES string of the molecule is Cc1ccc(CC[C@H]2NCCn3c(C)nc(C)c32)c(C)c1. The van der Waals surface area contributed by atoms with Crippen molar-refractivity contribution in [3.8, 4) is 0 Å². The predicted octanol–water partition coefficient (Wildman–Crippen LogP) is 3.39. The van der Waals surface area contributed by atoms with Crippen LogP contribution in [0.25, 0.3) is 0 Å². The number of nitrogens with zero attached hydrogens (tertiary/aromatic N) is 2.